The molecule has 0 fully saturated rings. The fourth-order valence-corrected chi connectivity index (χ4v) is 4.99. The molecule has 0 atom stereocenters. The van der Waals surface area contributed by atoms with E-state index in [2.05, 4.69) is 36.0 Å². The Bertz CT molecular complexity index is 1510. The summed E-state index contributed by atoms with van der Waals surface area (Å²) in [6.45, 7) is 2.08. The molecule has 0 spiro atoms. The first-order valence-corrected chi connectivity index (χ1v) is 14.7. The van der Waals surface area contributed by atoms with Gasteiger partial charge in [0.25, 0.3) is 0 Å². The summed E-state index contributed by atoms with van der Waals surface area (Å²) in [6.07, 6.45) is -2.22. The van der Waals surface area contributed by atoms with Crippen molar-refractivity contribution in [2.24, 2.45) is 0 Å². The van der Waals surface area contributed by atoms with Crippen LogP contribution in [0.5, 0.6) is 0 Å². The van der Waals surface area contributed by atoms with Gasteiger partial charge in [-0.25, -0.2) is 22.9 Å². The number of aldehydes is 1. The minimum atomic E-state index is -4.64. The third kappa shape index (κ3) is 10.8. The maximum atomic E-state index is 12.5. The van der Waals surface area contributed by atoms with Crippen LogP contribution in [-0.2, 0) is 27.7 Å². The number of rotatable bonds is 7. The third-order valence-corrected chi connectivity index (χ3v) is 7.43. The Kier molecular flexibility index (Phi) is 11.5. The number of carbonyl (C=O) groups is 2. The van der Waals surface area contributed by atoms with E-state index in [9.17, 15) is 26.4 Å². The highest BCUT2D eigenvalue weighted by Gasteiger charge is 2.25. The van der Waals surface area contributed by atoms with E-state index in [-0.39, 0.29) is 18.8 Å². The molecule has 2 heterocycles. The Hall–Kier alpha value is -3.95. The van der Waals surface area contributed by atoms with Gasteiger partial charge in [0.1, 0.15) is 5.02 Å². The van der Waals surface area contributed by atoms with Crippen LogP contribution in [0.2, 0.25) is 5.02 Å². The average Bonchev–Trinajstić information content (AvgIpc) is 2.93. The second kappa shape index (κ2) is 14.8. The van der Waals surface area contributed by atoms with Gasteiger partial charge in [0.05, 0.1) is 11.9 Å². The largest absolute Gasteiger partial charge is 0.446 e. The maximum Gasteiger partial charge on any atom is 0.446 e. The second-order valence-corrected chi connectivity index (χ2v) is 11.3. The van der Waals surface area contributed by atoms with Gasteiger partial charge in [-0.15, -0.1) is 0 Å². The van der Waals surface area contributed by atoms with Gasteiger partial charge in [0, 0.05) is 30.2 Å². The van der Waals surface area contributed by atoms with Crippen molar-refractivity contribution in [3.8, 4) is 0 Å². The van der Waals surface area contributed by atoms with E-state index in [1.807, 2.05) is 42.5 Å². The number of aromatic nitrogens is 2. The van der Waals surface area contributed by atoms with Gasteiger partial charge in [-0.2, -0.15) is 18.2 Å². The Labute approximate surface area is 245 Å². The first kappa shape index (κ1) is 32.6. The molecular formula is C26H29ClF3N7O4S. The number of alkyl halides is 3. The van der Waals surface area contributed by atoms with E-state index in [1.54, 1.807) is 6.92 Å². The fraction of sp³-hybridized carbons (Fsp3) is 0.308. The molecule has 0 aliphatic carbocycles. The molecule has 3 aromatic rings. The highest BCUT2D eigenvalue weighted by Crippen LogP contribution is 2.29. The summed E-state index contributed by atoms with van der Waals surface area (Å²) in [5, 5.41) is 12.4. The van der Waals surface area contributed by atoms with Gasteiger partial charge >= 0.3 is 12.2 Å². The highest BCUT2D eigenvalue weighted by molar-refractivity contribution is 7.89. The van der Waals surface area contributed by atoms with Crippen LogP contribution in [0.25, 0.3) is 0 Å². The predicted octanol–water partition coefficient (Wildman–Crippen LogP) is 4.91. The predicted molar refractivity (Wildman–Crippen MR) is 155 cm³/mol. The van der Waals surface area contributed by atoms with E-state index in [0.717, 1.165) is 28.9 Å². The molecule has 4 rings (SSSR count). The number of nitrogens with zero attached hydrogens (tertiary/aromatic N) is 2. The normalized spacial score (nSPS) is 12.5. The summed E-state index contributed by atoms with van der Waals surface area (Å²) < 4.78 is 57.2. The molecule has 2 amide bonds. The number of hydrogen-bond acceptors (Lipinski definition) is 8. The molecule has 0 saturated heterocycles. The number of urea groups is 1. The summed E-state index contributed by atoms with van der Waals surface area (Å²) in [5.41, 5.74) is 4.31. The molecule has 0 radical (unpaired) electrons. The zero-order chi connectivity index (χ0) is 30.8. The van der Waals surface area contributed by atoms with Crippen molar-refractivity contribution in [1.82, 2.24) is 20.0 Å². The Morgan fingerprint density at radius 1 is 1.10 bits per heavy atom. The highest BCUT2D eigenvalue weighted by atomic mass is 35.5. The number of halogens is 4. The van der Waals surface area contributed by atoms with Gasteiger partial charge in [0.2, 0.25) is 22.3 Å². The van der Waals surface area contributed by atoms with E-state index < -0.39 is 28.5 Å². The lowest BCUT2D eigenvalue weighted by atomic mass is 10.0. The molecule has 6 bridgehead atoms. The van der Waals surface area contributed by atoms with Gasteiger partial charge in [-0.05, 0) is 60.7 Å². The lowest BCUT2D eigenvalue weighted by Crippen LogP contribution is -2.37. The molecule has 0 unspecified atom stereocenters. The summed E-state index contributed by atoms with van der Waals surface area (Å²) in [4.78, 5) is 30.0. The number of nitrogens with one attached hydrogen (secondary N) is 5. The van der Waals surface area contributed by atoms with Crippen molar-refractivity contribution in [2.45, 2.75) is 32.4 Å². The van der Waals surface area contributed by atoms with Crippen molar-refractivity contribution >= 4 is 62.8 Å². The van der Waals surface area contributed by atoms with E-state index >= 15 is 0 Å². The van der Waals surface area contributed by atoms with Gasteiger partial charge < -0.3 is 21.3 Å². The van der Waals surface area contributed by atoms with Crippen LogP contribution in [-0.4, -0.2) is 55.7 Å². The molecule has 11 nitrogen and oxygen atoms in total. The molecular weight excluding hydrogens is 599 g/mol. The molecule has 16 heteroatoms. The molecule has 1 aliphatic heterocycles. The smallest absolute Gasteiger partial charge is 0.339 e. The summed E-state index contributed by atoms with van der Waals surface area (Å²) in [6, 6.07) is 13.1. The first-order chi connectivity index (χ1) is 19.9. The van der Waals surface area contributed by atoms with Crippen LogP contribution in [0.3, 0.4) is 0 Å². The first-order valence-electron chi connectivity index (χ1n) is 12.7. The molecule has 2 aromatic carbocycles. The number of hydrogen-bond donors (Lipinski definition) is 5. The van der Waals surface area contributed by atoms with Gasteiger partial charge in [0.15, 0.2) is 5.82 Å². The Balaban J connectivity index is 0.000000730. The van der Waals surface area contributed by atoms with E-state index in [0.29, 0.717) is 35.3 Å². The number of fused-ring (bicyclic) bond motifs is 6. The van der Waals surface area contributed by atoms with Crippen LogP contribution in [0.4, 0.5) is 46.8 Å². The van der Waals surface area contributed by atoms with E-state index in [1.165, 1.54) is 6.20 Å². The zero-order valence-corrected chi connectivity index (χ0v) is 24.0. The van der Waals surface area contributed by atoms with Gasteiger partial charge in [-0.1, -0.05) is 30.7 Å². The second-order valence-electron chi connectivity index (χ2n) is 8.97. The molecule has 42 heavy (non-hydrogen) atoms. The van der Waals surface area contributed by atoms with Crippen molar-refractivity contribution in [3.63, 3.8) is 0 Å². The minimum absolute atomic E-state index is 0.0590. The third-order valence-electron chi connectivity index (χ3n) is 5.57. The molecule has 5 N–H and O–H groups in total. The number of benzene rings is 2. The van der Waals surface area contributed by atoms with Crippen LogP contribution in [0, 0.1) is 0 Å². The quantitative estimate of drug-likeness (QED) is 0.183. The maximum absolute atomic E-state index is 12.5. The Morgan fingerprint density at radius 3 is 2.55 bits per heavy atom. The molecule has 1 aliphatic rings. The van der Waals surface area contributed by atoms with Crippen molar-refractivity contribution < 1.29 is 31.2 Å². The minimum Gasteiger partial charge on any atom is -0.339 e. The monoisotopic (exact) mass is 627 g/mol. The Morgan fingerprint density at radius 2 is 1.83 bits per heavy atom. The van der Waals surface area contributed by atoms with Crippen LogP contribution < -0.4 is 26.0 Å². The van der Waals surface area contributed by atoms with Crippen molar-refractivity contribution in [1.29, 1.82) is 0 Å². The SMILES string of the molecule is CCCS(=O)(=O)NCCNC(=O)Nc1ccc2cc1CCc1cccc(c1)Nc1ncc(Cl)c(n1)N2.O=CC(F)(F)F. The van der Waals surface area contributed by atoms with Crippen LogP contribution in [0.1, 0.15) is 24.5 Å². The topological polar surface area (TPSA) is 154 Å². The lowest BCUT2D eigenvalue weighted by molar-refractivity contribution is -0.156. The van der Waals surface area contributed by atoms with Crippen LogP contribution in [0.15, 0.2) is 48.7 Å². The zero-order valence-electron chi connectivity index (χ0n) is 22.4. The number of carbonyl (C=O) groups excluding carboxylic acids is 2. The summed E-state index contributed by atoms with van der Waals surface area (Å²) >= 11 is 6.32. The molecule has 1 aromatic heterocycles. The summed E-state index contributed by atoms with van der Waals surface area (Å²) in [7, 11) is -3.31. The lowest BCUT2D eigenvalue weighted by Gasteiger charge is -2.15. The molecule has 226 valence electrons. The number of aryl methyl sites for hydroxylation is 2. The van der Waals surface area contributed by atoms with Crippen LogP contribution >= 0.6 is 11.6 Å². The van der Waals surface area contributed by atoms with Crippen molar-refractivity contribution in [3.05, 3.63) is 64.8 Å². The number of anilines is 5. The van der Waals surface area contributed by atoms with Gasteiger partial charge in [-0.3, -0.25) is 4.79 Å². The average molecular weight is 628 g/mol. The fourth-order valence-electron chi connectivity index (χ4n) is 3.75. The molecule has 0 saturated carbocycles. The number of amides is 2. The van der Waals surface area contributed by atoms with Crippen molar-refractivity contribution in [2.75, 3.05) is 34.8 Å². The standard InChI is InChI=1S/C24H28ClN7O3S.C2HF3O/c1-2-12-36(34,35)28-11-10-26-24(33)31-21-9-8-19-14-17(21)7-6-16-4-3-5-18(13-16)30-23-27-15-20(25)22(29-19)32-23;3-2(4,5)1-6/h3-5,8-9,13-15,28H,2,6-7,10-12H2,1H3,(H2,26,31,33)(H2,27,29,30,32);1H. The number of sulfonamides is 1. The summed E-state index contributed by atoms with van der Waals surface area (Å²) in [5.74, 6) is 0.939. The van der Waals surface area contributed by atoms with E-state index in [4.69, 9.17) is 16.4 Å².